The van der Waals surface area contributed by atoms with Crippen molar-refractivity contribution in [2.75, 3.05) is 23.7 Å². The minimum Gasteiger partial charge on any atom is -0.422 e. The van der Waals surface area contributed by atoms with Crippen LogP contribution in [-0.2, 0) is 0 Å². The molecule has 8 heteroatoms. The second-order valence-corrected chi connectivity index (χ2v) is 7.79. The van der Waals surface area contributed by atoms with Gasteiger partial charge in [-0.05, 0) is 24.3 Å². The second kappa shape index (κ2) is 8.00. The molecule has 0 saturated carbocycles. The first-order valence-corrected chi connectivity index (χ1v) is 10.8. The fourth-order valence-corrected chi connectivity index (χ4v) is 4.27. The molecular formula is C26H18N4O4. The third kappa shape index (κ3) is 3.24. The summed E-state index contributed by atoms with van der Waals surface area (Å²) in [7, 11) is 0. The number of anilines is 2. The molecule has 0 saturated heterocycles. The number of rotatable bonds is 5. The lowest BCUT2D eigenvalue weighted by Crippen LogP contribution is -2.17. The summed E-state index contributed by atoms with van der Waals surface area (Å²) in [5.41, 5.74) is 0.175. The molecule has 0 aliphatic heterocycles. The zero-order valence-corrected chi connectivity index (χ0v) is 17.9. The van der Waals surface area contributed by atoms with E-state index < -0.39 is 11.3 Å². The number of pyridine rings is 2. The van der Waals surface area contributed by atoms with Crippen LogP contribution >= 0.6 is 0 Å². The molecule has 0 fully saturated rings. The highest BCUT2D eigenvalue weighted by atomic mass is 16.4. The average molecular weight is 450 g/mol. The van der Waals surface area contributed by atoms with Crippen molar-refractivity contribution in [1.82, 2.24) is 9.97 Å². The third-order valence-corrected chi connectivity index (χ3v) is 5.78. The van der Waals surface area contributed by atoms with Gasteiger partial charge in [0.2, 0.25) is 0 Å². The van der Waals surface area contributed by atoms with Gasteiger partial charge in [-0.1, -0.05) is 36.4 Å². The highest BCUT2D eigenvalue weighted by Gasteiger charge is 2.14. The molecule has 34 heavy (non-hydrogen) atoms. The summed E-state index contributed by atoms with van der Waals surface area (Å²) in [6.45, 7) is 0.852. The highest BCUT2D eigenvalue weighted by Crippen LogP contribution is 2.27. The van der Waals surface area contributed by atoms with E-state index in [9.17, 15) is 9.59 Å². The Balaban J connectivity index is 1.28. The standard InChI is InChI=1S/C26H18N4O4/c31-25-21-17(15-5-1-3-7-19(15)33-25)9-11-27-23(21)29-13-14-30-24-22-18(10-12-28-24)16-6-2-4-8-20(16)34-26(22)32/h1-12H,13-14H2,(H,27,29)(H,28,30). The Labute approximate surface area is 191 Å². The van der Waals surface area contributed by atoms with Crippen molar-refractivity contribution in [3.8, 4) is 0 Å². The van der Waals surface area contributed by atoms with Crippen LogP contribution in [0.2, 0.25) is 0 Å². The lowest BCUT2D eigenvalue weighted by molar-refractivity contribution is 0.569. The van der Waals surface area contributed by atoms with Crippen molar-refractivity contribution in [3.05, 3.63) is 93.9 Å². The molecular weight excluding hydrogens is 432 g/mol. The maximum Gasteiger partial charge on any atom is 0.347 e. The van der Waals surface area contributed by atoms with Crippen LogP contribution in [0.3, 0.4) is 0 Å². The molecule has 0 unspecified atom stereocenters. The quantitative estimate of drug-likeness (QED) is 0.224. The predicted octanol–water partition coefficient (Wildman–Crippen LogP) is 4.52. The van der Waals surface area contributed by atoms with Crippen molar-refractivity contribution < 1.29 is 8.83 Å². The number of benzene rings is 2. The van der Waals surface area contributed by atoms with Crippen LogP contribution in [0.4, 0.5) is 11.6 Å². The van der Waals surface area contributed by atoms with Gasteiger partial charge in [-0.15, -0.1) is 0 Å². The molecule has 4 heterocycles. The van der Waals surface area contributed by atoms with Gasteiger partial charge in [0, 0.05) is 47.0 Å². The van der Waals surface area contributed by atoms with Crippen molar-refractivity contribution >= 4 is 55.1 Å². The number of hydrogen-bond donors (Lipinski definition) is 2. The molecule has 0 radical (unpaired) electrons. The molecule has 6 rings (SSSR count). The number of para-hydroxylation sites is 2. The van der Waals surface area contributed by atoms with Crippen LogP contribution in [-0.4, -0.2) is 23.1 Å². The van der Waals surface area contributed by atoms with Crippen LogP contribution in [0.5, 0.6) is 0 Å². The minimum absolute atomic E-state index is 0.400. The maximum atomic E-state index is 12.6. The van der Waals surface area contributed by atoms with Crippen LogP contribution in [0, 0.1) is 0 Å². The number of nitrogens with zero attached hydrogens (tertiary/aromatic N) is 2. The van der Waals surface area contributed by atoms with E-state index in [1.165, 1.54) is 0 Å². The first-order chi connectivity index (χ1) is 16.7. The molecule has 0 aliphatic rings. The largest absolute Gasteiger partial charge is 0.422 e. The van der Waals surface area contributed by atoms with Crippen molar-refractivity contribution in [2.45, 2.75) is 0 Å². The minimum atomic E-state index is -0.447. The van der Waals surface area contributed by atoms with E-state index in [1.807, 2.05) is 48.5 Å². The molecule has 0 atom stereocenters. The molecule has 8 nitrogen and oxygen atoms in total. The normalized spacial score (nSPS) is 11.4. The lowest BCUT2D eigenvalue weighted by atomic mass is 10.1. The molecule has 2 N–H and O–H groups in total. The number of hydrogen-bond acceptors (Lipinski definition) is 8. The van der Waals surface area contributed by atoms with E-state index in [0.29, 0.717) is 46.7 Å². The topological polar surface area (TPSA) is 110 Å². The SMILES string of the molecule is O=c1oc2ccccc2c2ccnc(NCCNc3nccc4c3c(=O)oc3ccccc34)c12. The summed E-state index contributed by atoms with van der Waals surface area (Å²) in [5.74, 6) is 0.880. The molecule has 4 aromatic heterocycles. The van der Waals surface area contributed by atoms with Gasteiger partial charge in [-0.25, -0.2) is 19.6 Å². The van der Waals surface area contributed by atoms with Gasteiger partial charge in [-0.3, -0.25) is 0 Å². The first-order valence-electron chi connectivity index (χ1n) is 10.8. The van der Waals surface area contributed by atoms with Gasteiger partial charge in [0.05, 0.1) is 0 Å². The molecule has 0 amide bonds. The molecule has 0 bridgehead atoms. The van der Waals surface area contributed by atoms with Crippen LogP contribution in [0.1, 0.15) is 0 Å². The van der Waals surface area contributed by atoms with E-state index in [4.69, 9.17) is 8.83 Å². The first kappa shape index (κ1) is 19.9. The van der Waals surface area contributed by atoms with Gasteiger partial charge in [0.1, 0.15) is 33.6 Å². The Morgan fingerprint density at radius 1 is 0.588 bits per heavy atom. The van der Waals surface area contributed by atoms with Crippen molar-refractivity contribution in [1.29, 1.82) is 0 Å². The van der Waals surface area contributed by atoms with Crippen LogP contribution in [0.25, 0.3) is 43.5 Å². The van der Waals surface area contributed by atoms with Gasteiger partial charge in [-0.2, -0.15) is 0 Å². The van der Waals surface area contributed by atoms with E-state index in [2.05, 4.69) is 20.6 Å². The summed E-state index contributed by atoms with van der Waals surface area (Å²) in [6.07, 6.45) is 3.32. The van der Waals surface area contributed by atoms with E-state index in [1.54, 1.807) is 24.5 Å². The smallest absolute Gasteiger partial charge is 0.347 e. The van der Waals surface area contributed by atoms with Gasteiger partial charge in [0.25, 0.3) is 0 Å². The molecule has 0 aliphatic carbocycles. The van der Waals surface area contributed by atoms with Gasteiger partial charge in [0.15, 0.2) is 0 Å². The second-order valence-electron chi connectivity index (χ2n) is 7.79. The summed E-state index contributed by atoms with van der Waals surface area (Å²) in [5, 5.41) is 10.4. The third-order valence-electron chi connectivity index (χ3n) is 5.78. The predicted molar refractivity (Wildman–Crippen MR) is 133 cm³/mol. The average Bonchev–Trinajstić information content (AvgIpc) is 2.86. The lowest BCUT2D eigenvalue weighted by Gasteiger charge is -2.11. The Morgan fingerprint density at radius 2 is 1.03 bits per heavy atom. The number of fused-ring (bicyclic) bond motifs is 6. The zero-order valence-electron chi connectivity index (χ0n) is 17.9. The summed E-state index contributed by atoms with van der Waals surface area (Å²) < 4.78 is 11.0. The number of aromatic nitrogens is 2. The van der Waals surface area contributed by atoms with Crippen molar-refractivity contribution in [2.24, 2.45) is 0 Å². The van der Waals surface area contributed by atoms with Crippen LogP contribution < -0.4 is 21.9 Å². The Morgan fingerprint density at radius 3 is 1.50 bits per heavy atom. The summed E-state index contributed by atoms with van der Waals surface area (Å²) >= 11 is 0. The maximum absolute atomic E-state index is 12.6. The molecule has 6 aromatic rings. The fourth-order valence-electron chi connectivity index (χ4n) is 4.27. The monoisotopic (exact) mass is 450 g/mol. The summed E-state index contributed by atoms with van der Waals surface area (Å²) in [4.78, 5) is 34.0. The Kier molecular flexibility index (Phi) is 4.69. The van der Waals surface area contributed by atoms with Crippen molar-refractivity contribution in [3.63, 3.8) is 0 Å². The van der Waals surface area contributed by atoms with E-state index >= 15 is 0 Å². The molecule has 166 valence electrons. The van der Waals surface area contributed by atoms with Gasteiger partial charge >= 0.3 is 11.3 Å². The molecule has 2 aromatic carbocycles. The van der Waals surface area contributed by atoms with E-state index in [0.717, 1.165) is 21.5 Å². The van der Waals surface area contributed by atoms with Gasteiger partial charge < -0.3 is 19.5 Å². The zero-order chi connectivity index (χ0) is 23.1. The van der Waals surface area contributed by atoms with Crippen LogP contribution in [0.15, 0.2) is 91.5 Å². The fraction of sp³-hybridized carbons (Fsp3) is 0.0769. The Bertz CT molecular complexity index is 1690. The highest BCUT2D eigenvalue weighted by molar-refractivity contribution is 6.08. The summed E-state index contributed by atoms with van der Waals surface area (Å²) in [6, 6.07) is 18.4. The molecule has 0 spiro atoms. The Hall–Kier alpha value is -4.72. The number of nitrogens with one attached hydrogen (secondary N) is 2. The van der Waals surface area contributed by atoms with E-state index in [-0.39, 0.29) is 0 Å².